The average molecular weight is 330 g/mol. The minimum atomic E-state index is -0.338. The molecule has 3 aromatic rings. The van der Waals surface area contributed by atoms with Gasteiger partial charge >= 0.3 is 5.97 Å². The zero-order valence-electron chi connectivity index (χ0n) is 15.1. The number of ether oxygens (including phenoxy) is 1. The molecule has 0 spiro atoms. The molecule has 3 rings (SSSR count). The molecule has 0 aromatic heterocycles. The lowest BCUT2D eigenvalue weighted by Gasteiger charge is -2.10. The number of esters is 1. The molecule has 0 saturated carbocycles. The van der Waals surface area contributed by atoms with E-state index in [1.807, 2.05) is 43.3 Å². The van der Waals surface area contributed by atoms with Crippen molar-refractivity contribution in [3.05, 3.63) is 88.5 Å². The van der Waals surface area contributed by atoms with Gasteiger partial charge < -0.3 is 4.74 Å². The first kappa shape index (κ1) is 17.0. The van der Waals surface area contributed by atoms with E-state index in [0.717, 1.165) is 11.1 Å². The molecule has 126 valence electrons. The van der Waals surface area contributed by atoms with Gasteiger partial charge in [-0.25, -0.2) is 4.79 Å². The van der Waals surface area contributed by atoms with Crippen LogP contribution in [0.1, 0.15) is 32.6 Å². The van der Waals surface area contributed by atoms with Crippen molar-refractivity contribution in [1.82, 2.24) is 0 Å². The predicted molar refractivity (Wildman–Crippen MR) is 102 cm³/mol. The van der Waals surface area contributed by atoms with Crippen LogP contribution in [0.2, 0.25) is 0 Å². The van der Waals surface area contributed by atoms with Gasteiger partial charge in [-0.3, -0.25) is 0 Å². The van der Waals surface area contributed by atoms with Crippen molar-refractivity contribution in [2.45, 2.75) is 27.7 Å². The molecule has 0 amide bonds. The Morgan fingerprint density at radius 1 is 0.720 bits per heavy atom. The Kier molecular flexibility index (Phi) is 4.71. The second-order valence-electron chi connectivity index (χ2n) is 6.51. The summed E-state index contributed by atoms with van der Waals surface area (Å²) in [5.74, 6) is 0.213. The van der Waals surface area contributed by atoms with Crippen molar-refractivity contribution in [3.8, 4) is 16.9 Å². The Balaban J connectivity index is 1.78. The van der Waals surface area contributed by atoms with E-state index in [1.165, 1.54) is 22.3 Å². The first-order valence-electron chi connectivity index (χ1n) is 8.41. The molecule has 0 N–H and O–H groups in total. The third-order valence-electron chi connectivity index (χ3n) is 4.61. The number of carbonyl (C=O) groups excluding carboxylic acids is 1. The summed E-state index contributed by atoms with van der Waals surface area (Å²) in [5.41, 5.74) is 7.85. The first-order valence-corrected chi connectivity index (χ1v) is 8.41. The summed E-state index contributed by atoms with van der Waals surface area (Å²) in [4.78, 5) is 12.2. The molecule has 0 aliphatic rings. The molecule has 0 fully saturated rings. The summed E-state index contributed by atoms with van der Waals surface area (Å²) < 4.78 is 5.46. The lowest BCUT2D eigenvalue weighted by Crippen LogP contribution is -2.08. The van der Waals surface area contributed by atoms with Crippen LogP contribution < -0.4 is 4.74 Å². The molecule has 0 aliphatic heterocycles. The normalized spacial score (nSPS) is 10.6. The second-order valence-corrected chi connectivity index (χ2v) is 6.51. The van der Waals surface area contributed by atoms with Gasteiger partial charge in [0.2, 0.25) is 0 Å². The minimum Gasteiger partial charge on any atom is -0.423 e. The van der Waals surface area contributed by atoms with Gasteiger partial charge in [0, 0.05) is 0 Å². The molecule has 0 heterocycles. The summed E-state index contributed by atoms with van der Waals surface area (Å²) in [5, 5.41) is 0. The number of rotatable bonds is 3. The van der Waals surface area contributed by atoms with Crippen LogP contribution in [-0.4, -0.2) is 5.97 Å². The topological polar surface area (TPSA) is 26.3 Å². The smallest absolute Gasteiger partial charge is 0.343 e. The summed E-state index contributed by atoms with van der Waals surface area (Å²) >= 11 is 0. The molecular weight excluding hydrogens is 308 g/mol. The second kappa shape index (κ2) is 6.94. The van der Waals surface area contributed by atoms with Crippen molar-refractivity contribution in [2.24, 2.45) is 0 Å². The van der Waals surface area contributed by atoms with Gasteiger partial charge in [-0.1, -0.05) is 42.0 Å². The fourth-order valence-corrected chi connectivity index (χ4v) is 2.77. The Bertz CT molecular complexity index is 881. The zero-order valence-corrected chi connectivity index (χ0v) is 15.1. The molecule has 0 aliphatic carbocycles. The Labute approximate surface area is 149 Å². The van der Waals surface area contributed by atoms with Crippen LogP contribution in [-0.2, 0) is 0 Å². The van der Waals surface area contributed by atoms with Gasteiger partial charge in [-0.15, -0.1) is 0 Å². The number of hydrogen-bond acceptors (Lipinski definition) is 2. The zero-order chi connectivity index (χ0) is 18.0. The van der Waals surface area contributed by atoms with Crippen LogP contribution >= 0.6 is 0 Å². The van der Waals surface area contributed by atoms with Crippen molar-refractivity contribution in [3.63, 3.8) is 0 Å². The van der Waals surface area contributed by atoms with E-state index >= 15 is 0 Å². The van der Waals surface area contributed by atoms with Crippen LogP contribution in [0, 0.1) is 27.7 Å². The van der Waals surface area contributed by atoms with E-state index in [0.29, 0.717) is 11.3 Å². The summed E-state index contributed by atoms with van der Waals surface area (Å²) in [6.45, 7) is 8.39. The molecule has 2 nitrogen and oxygen atoms in total. The Morgan fingerprint density at radius 3 is 1.84 bits per heavy atom. The van der Waals surface area contributed by atoms with Gasteiger partial charge in [0.05, 0.1) is 5.56 Å². The van der Waals surface area contributed by atoms with Crippen LogP contribution in [0.15, 0.2) is 60.7 Å². The highest BCUT2D eigenvalue weighted by molar-refractivity contribution is 5.91. The van der Waals surface area contributed by atoms with Crippen molar-refractivity contribution < 1.29 is 9.53 Å². The standard InChI is InChI=1S/C23H22O2/c1-15-5-7-20(8-6-15)23(24)25-22-11-9-19(10-12-22)21-13-16(2)18(4)17(3)14-21/h5-14H,1-4H3. The van der Waals surface area contributed by atoms with Gasteiger partial charge in [-0.05, 0) is 79.8 Å². The molecule has 0 saturated heterocycles. The predicted octanol–water partition coefficient (Wildman–Crippen LogP) is 5.81. The van der Waals surface area contributed by atoms with Crippen LogP contribution in [0.5, 0.6) is 5.75 Å². The Hall–Kier alpha value is -2.87. The van der Waals surface area contributed by atoms with E-state index < -0.39 is 0 Å². The molecule has 0 radical (unpaired) electrons. The maximum atomic E-state index is 12.2. The third-order valence-corrected chi connectivity index (χ3v) is 4.61. The molecule has 3 aromatic carbocycles. The molecular formula is C23H22O2. The number of carbonyl (C=O) groups is 1. The summed E-state index contributed by atoms with van der Waals surface area (Å²) in [6, 6.07) is 19.4. The van der Waals surface area contributed by atoms with E-state index in [4.69, 9.17) is 4.74 Å². The van der Waals surface area contributed by atoms with E-state index in [2.05, 4.69) is 32.9 Å². The maximum absolute atomic E-state index is 12.2. The highest BCUT2D eigenvalue weighted by atomic mass is 16.5. The number of benzene rings is 3. The molecule has 0 unspecified atom stereocenters. The first-order chi connectivity index (χ1) is 11.9. The fraction of sp³-hybridized carbons (Fsp3) is 0.174. The summed E-state index contributed by atoms with van der Waals surface area (Å²) in [6.07, 6.45) is 0. The van der Waals surface area contributed by atoms with E-state index in [9.17, 15) is 4.79 Å². The van der Waals surface area contributed by atoms with Crippen LogP contribution in [0.25, 0.3) is 11.1 Å². The third kappa shape index (κ3) is 3.80. The molecule has 0 atom stereocenters. The number of hydrogen-bond donors (Lipinski definition) is 0. The minimum absolute atomic E-state index is 0.338. The lowest BCUT2D eigenvalue weighted by atomic mass is 9.96. The van der Waals surface area contributed by atoms with Crippen LogP contribution in [0.3, 0.4) is 0 Å². The van der Waals surface area contributed by atoms with Crippen molar-refractivity contribution >= 4 is 5.97 Å². The molecule has 25 heavy (non-hydrogen) atoms. The largest absolute Gasteiger partial charge is 0.423 e. The fourth-order valence-electron chi connectivity index (χ4n) is 2.77. The number of aryl methyl sites for hydroxylation is 3. The van der Waals surface area contributed by atoms with Gasteiger partial charge in [0.15, 0.2) is 0 Å². The van der Waals surface area contributed by atoms with Gasteiger partial charge in [-0.2, -0.15) is 0 Å². The SMILES string of the molecule is Cc1ccc(C(=O)Oc2ccc(-c3cc(C)c(C)c(C)c3)cc2)cc1. The van der Waals surface area contributed by atoms with Crippen molar-refractivity contribution in [1.29, 1.82) is 0 Å². The molecule has 0 bridgehead atoms. The average Bonchev–Trinajstić information content (AvgIpc) is 2.60. The highest BCUT2D eigenvalue weighted by Crippen LogP contribution is 2.26. The molecule has 2 heteroatoms. The lowest BCUT2D eigenvalue weighted by molar-refractivity contribution is 0.0735. The quantitative estimate of drug-likeness (QED) is 0.448. The van der Waals surface area contributed by atoms with E-state index in [1.54, 1.807) is 12.1 Å². The van der Waals surface area contributed by atoms with Gasteiger partial charge in [0.25, 0.3) is 0 Å². The maximum Gasteiger partial charge on any atom is 0.343 e. The van der Waals surface area contributed by atoms with Gasteiger partial charge in [0.1, 0.15) is 5.75 Å². The van der Waals surface area contributed by atoms with E-state index in [-0.39, 0.29) is 5.97 Å². The highest BCUT2D eigenvalue weighted by Gasteiger charge is 2.09. The van der Waals surface area contributed by atoms with Crippen LogP contribution in [0.4, 0.5) is 0 Å². The monoisotopic (exact) mass is 330 g/mol. The Morgan fingerprint density at radius 2 is 1.28 bits per heavy atom. The van der Waals surface area contributed by atoms with Crippen molar-refractivity contribution in [2.75, 3.05) is 0 Å². The summed E-state index contributed by atoms with van der Waals surface area (Å²) in [7, 11) is 0.